The van der Waals surface area contributed by atoms with E-state index < -0.39 is 0 Å². The van der Waals surface area contributed by atoms with Gasteiger partial charge < -0.3 is 4.74 Å². The third-order valence-corrected chi connectivity index (χ3v) is 14.1. The maximum atomic E-state index is 5.35. The number of methoxy groups -OCH3 is 1. The van der Waals surface area contributed by atoms with Crippen LogP contribution in [0.25, 0.3) is 48.8 Å². The second-order valence-electron chi connectivity index (χ2n) is 7.39. The quantitative estimate of drug-likeness (QED) is 0.174. The highest BCUT2D eigenvalue weighted by Crippen LogP contribution is 2.46. The maximum absolute atomic E-state index is 5.35. The summed E-state index contributed by atoms with van der Waals surface area (Å²) in [5.41, 5.74) is 0. The third kappa shape index (κ3) is 4.51. The predicted molar refractivity (Wildman–Crippen MR) is 161 cm³/mol. The van der Waals surface area contributed by atoms with Crippen molar-refractivity contribution in [3.63, 3.8) is 0 Å². The average molecular weight is 571 g/mol. The Morgan fingerprint density at radius 2 is 0.765 bits per heavy atom. The molecule has 1 nitrogen and oxygen atoms in total. The molecule has 0 spiro atoms. The molecule has 0 bridgehead atoms. The van der Waals surface area contributed by atoms with Gasteiger partial charge in [-0.25, -0.2) is 0 Å². The molecular formula is C26H19OPS6. The highest BCUT2D eigenvalue weighted by molar-refractivity contribution is 7.56. The Balaban J connectivity index is 1.22. The topological polar surface area (TPSA) is 9.23 Å². The second-order valence-corrected chi connectivity index (χ2v) is 15.3. The van der Waals surface area contributed by atoms with Crippen molar-refractivity contribution >= 4 is 81.2 Å². The number of hydrogen-bond acceptors (Lipinski definition) is 7. The molecule has 0 aliphatic rings. The lowest BCUT2D eigenvalue weighted by molar-refractivity contribution is 0.427. The number of hydrogen-bond donors (Lipinski definition) is 0. The first-order valence-electron chi connectivity index (χ1n) is 10.5. The summed E-state index contributed by atoms with van der Waals surface area (Å²) < 4.78 is 6.83. The van der Waals surface area contributed by atoms with E-state index >= 15 is 0 Å². The van der Waals surface area contributed by atoms with E-state index in [9.17, 15) is 0 Å². The Kier molecular flexibility index (Phi) is 6.61. The van der Waals surface area contributed by atoms with Crippen LogP contribution in [0.3, 0.4) is 0 Å². The first kappa shape index (κ1) is 22.9. The molecule has 0 radical (unpaired) electrons. The molecule has 34 heavy (non-hydrogen) atoms. The van der Waals surface area contributed by atoms with Gasteiger partial charge in [-0.1, -0.05) is 19.9 Å². The summed E-state index contributed by atoms with van der Waals surface area (Å²) in [5, 5.41) is 0.955. The predicted octanol–water partition coefficient (Wildman–Crippen LogP) is 10.3. The van der Waals surface area contributed by atoms with Crippen LogP contribution < -0.4 is 9.36 Å². The summed E-state index contributed by atoms with van der Waals surface area (Å²) in [6, 6.07) is 26.8. The van der Waals surface area contributed by atoms with Crippen LogP contribution in [-0.4, -0.2) is 13.8 Å². The largest absolute Gasteiger partial charge is 0.487 e. The lowest BCUT2D eigenvalue weighted by atomic mass is 10.3. The summed E-state index contributed by atoms with van der Waals surface area (Å²) in [6.07, 6.45) is 0. The first-order chi connectivity index (χ1) is 16.7. The minimum Gasteiger partial charge on any atom is -0.487 e. The molecule has 0 saturated heterocycles. The molecule has 0 aliphatic carbocycles. The highest BCUT2D eigenvalue weighted by atomic mass is 32.1. The SMILES string of the molecule is COc1ccc(-c2ccc(-c3ccc(-c4ccc(-c5ccc(-c6ccc(PC)s6)s5)s4)s3)s2)s1. The van der Waals surface area contributed by atoms with Gasteiger partial charge in [-0.15, -0.1) is 56.7 Å². The van der Waals surface area contributed by atoms with Gasteiger partial charge in [0, 0.05) is 53.4 Å². The van der Waals surface area contributed by atoms with Crippen LogP contribution in [0.4, 0.5) is 0 Å². The molecule has 0 saturated carbocycles. The van der Waals surface area contributed by atoms with E-state index in [0.29, 0.717) is 0 Å². The Hall–Kier alpha value is -1.57. The van der Waals surface area contributed by atoms with Crippen LogP contribution >= 0.6 is 76.6 Å². The fourth-order valence-electron chi connectivity index (χ4n) is 3.58. The summed E-state index contributed by atoms with van der Waals surface area (Å²) in [6.45, 7) is 2.25. The summed E-state index contributed by atoms with van der Waals surface area (Å²) in [5.74, 6) is 0. The van der Waals surface area contributed by atoms with Crippen molar-refractivity contribution < 1.29 is 4.74 Å². The van der Waals surface area contributed by atoms with Crippen molar-refractivity contribution in [3.05, 3.63) is 72.8 Å². The number of thiophene rings is 6. The van der Waals surface area contributed by atoms with E-state index in [-0.39, 0.29) is 0 Å². The van der Waals surface area contributed by atoms with E-state index in [0.717, 1.165) is 13.6 Å². The molecule has 0 aliphatic heterocycles. The summed E-state index contributed by atoms with van der Waals surface area (Å²) in [4.78, 5) is 13.3. The Morgan fingerprint density at radius 1 is 0.441 bits per heavy atom. The van der Waals surface area contributed by atoms with Crippen LogP contribution in [0.5, 0.6) is 5.06 Å². The van der Waals surface area contributed by atoms with Crippen molar-refractivity contribution in [2.24, 2.45) is 0 Å². The summed E-state index contributed by atoms with van der Waals surface area (Å²) in [7, 11) is 2.60. The highest BCUT2D eigenvalue weighted by Gasteiger charge is 2.13. The molecule has 6 rings (SSSR count). The molecule has 6 aromatic heterocycles. The minimum absolute atomic E-state index is 0.871. The van der Waals surface area contributed by atoms with Gasteiger partial charge >= 0.3 is 0 Å². The Bertz CT molecular complexity index is 1440. The standard InChI is InChI=1S/C26H19OPS6/c1-27-25-13-11-23(33-25)21-9-7-19(31-21)17-5-3-15(29-17)16-4-6-18(30-16)20-8-10-22(32-20)24-12-14-26(28-2)34-24/h3-14,28H,1-2H3. The normalized spacial score (nSPS) is 11.7. The van der Waals surface area contributed by atoms with E-state index in [1.165, 1.54) is 53.4 Å². The lowest BCUT2D eigenvalue weighted by Crippen LogP contribution is -1.77. The van der Waals surface area contributed by atoms with Crippen LogP contribution in [-0.2, 0) is 0 Å². The molecule has 0 aromatic carbocycles. The van der Waals surface area contributed by atoms with Crippen LogP contribution in [0.1, 0.15) is 0 Å². The zero-order valence-electron chi connectivity index (χ0n) is 18.3. The van der Waals surface area contributed by atoms with Gasteiger partial charge in [0.15, 0.2) is 5.06 Å². The van der Waals surface area contributed by atoms with E-state index in [2.05, 4.69) is 73.4 Å². The molecule has 170 valence electrons. The van der Waals surface area contributed by atoms with Crippen LogP contribution in [0.2, 0.25) is 0 Å². The number of rotatable bonds is 7. The zero-order valence-corrected chi connectivity index (χ0v) is 24.2. The molecule has 6 heterocycles. The monoisotopic (exact) mass is 570 g/mol. The van der Waals surface area contributed by atoms with Gasteiger partial charge in [0.2, 0.25) is 0 Å². The van der Waals surface area contributed by atoms with Crippen LogP contribution in [0, 0.1) is 0 Å². The van der Waals surface area contributed by atoms with Crippen molar-refractivity contribution in [1.29, 1.82) is 0 Å². The maximum Gasteiger partial charge on any atom is 0.173 e. The first-order valence-corrected chi connectivity index (χ1v) is 16.9. The van der Waals surface area contributed by atoms with Crippen molar-refractivity contribution in [1.82, 2.24) is 0 Å². The third-order valence-electron chi connectivity index (χ3n) is 5.27. The van der Waals surface area contributed by atoms with Crippen molar-refractivity contribution in [3.8, 4) is 53.8 Å². The molecule has 0 amide bonds. The fraction of sp³-hybridized carbons (Fsp3) is 0.0769. The average Bonchev–Trinajstić information content (AvgIpc) is 3.69. The molecule has 1 atom stereocenters. The van der Waals surface area contributed by atoms with Crippen molar-refractivity contribution in [2.45, 2.75) is 0 Å². The van der Waals surface area contributed by atoms with E-state index in [1.54, 1.807) is 18.4 Å². The minimum atomic E-state index is 0.871. The van der Waals surface area contributed by atoms with Crippen LogP contribution in [0.15, 0.2) is 72.8 Å². The molecular weight excluding hydrogens is 552 g/mol. The van der Waals surface area contributed by atoms with E-state index in [1.807, 2.05) is 62.8 Å². The smallest absolute Gasteiger partial charge is 0.173 e. The summed E-state index contributed by atoms with van der Waals surface area (Å²) >= 11 is 11.1. The molecule has 6 aromatic rings. The zero-order chi connectivity index (χ0) is 23.1. The van der Waals surface area contributed by atoms with E-state index in [4.69, 9.17) is 4.74 Å². The lowest BCUT2D eigenvalue weighted by Gasteiger charge is -1.93. The van der Waals surface area contributed by atoms with Gasteiger partial charge in [-0.2, -0.15) is 0 Å². The molecule has 1 unspecified atom stereocenters. The number of ether oxygens (including phenoxy) is 1. The van der Waals surface area contributed by atoms with Gasteiger partial charge in [0.1, 0.15) is 0 Å². The second kappa shape index (κ2) is 9.82. The molecule has 0 fully saturated rings. The fourth-order valence-corrected chi connectivity index (χ4v) is 10.6. The molecule has 0 N–H and O–H groups in total. The van der Waals surface area contributed by atoms with Gasteiger partial charge in [0.25, 0.3) is 0 Å². The molecule has 8 heteroatoms. The van der Waals surface area contributed by atoms with Gasteiger partial charge in [0.05, 0.1) is 7.11 Å². The van der Waals surface area contributed by atoms with Gasteiger partial charge in [-0.3, -0.25) is 0 Å². The Morgan fingerprint density at radius 3 is 1.09 bits per heavy atom. The van der Waals surface area contributed by atoms with Gasteiger partial charge in [-0.05, 0) is 79.5 Å². The Labute approximate surface area is 224 Å². The van der Waals surface area contributed by atoms with Crippen molar-refractivity contribution in [2.75, 3.05) is 13.8 Å².